The minimum atomic E-state index is 0.799. The summed E-state index contributed by atoms with van der Waals surface area (Å²) >= 11 is 0. The average molecular weight is 340 g/mol. The molecule has 0 atom stereocenters. The Kier molecular flexibility index (Phi) is 3.19. The minimum Gasteiger partial charge on any atom is -0.497 e. The lowest BCUT2D eigenvalue weighted by molar-refractivity contribution is 0.415. The number of pyridine rings is 2. The summed E-state index contributed by atoms with van der Waals surface area (Å²) in [6, 6.07) is 20.4. The lowest BCUT2D eigenvalue weighted by Crippen LogP contribution is -1.90. The molecule has 0 bridgehead atoms. The molecule has 0 N–H and O–H groups in total. The minimum absolute atomic E-state index is 0.799. The first-order valence-electron chi connectivity index (χ1n) is 8.41. The molecule has 0 aliphatic carbocycles. The monoisotopic (exact) mass is 340 g/mol. The molecule has 2 heterocycles. The number of methoxy groups -OCH3 is 2. The maximum Gasteiger partial charge on any atom is 0.121 e. The maximum absolute atomic E-state index is 5.34. The van der Waals surface area contributed by atoms with E-state index in [9.17, 15) is 0 Å². The molecule has 0 saturated heterocycles. The summed E-state index contributed by atoms with van der Waals surface area (Å²) in [5, 5.41) is 4.31. The highest BCUT2D eigenvalue weighted by Crippen LogP contribution is 2.30. The van der Waals surface area contributed by atoms with E-state index in [4.69, 9.17) is 19.4 Å². The van der Waals surface area contributed by atoms with Crippen LogP contribution in [0.25, 0.3) is 43.6 Å². The molecule has 5 aromatic rings. The summed E-state index contributed by atoms with van der Waals surface area (Å²) in [6.07, 6.45) is 0. The molecule has 26 heavy (non-hydrogen) atoms. The van der Waals surface area contributed by atoms with Crippen LogP contribution in [0, 0.1) is 0 Å². The van der Waals surface area contributed by atoms with Crippen molar-refractivity contribution >= 4 is 43.6 Å². The molecule has 0 fully saturated rings. The van der Waals surface area contributed by atoms with Gasteiger partial charge in [0.25, 0.3) is 0 Å². The highest BCUT2D eigenvalue weighted by atomic mass is 16.5. The van der Waals surface area contributed by atoms with Gasteiger partial charge in [0.2, 0.25) is 0 Å². The lowest BCUT2D eigenvalue weighted by Gasteiger charge is -2.08. The van der Waals surface area contributed by atoms with E-state index in [1.807, 2.05) is 36.4 Å². The second kappa shape index (κ2) is 5.56. The topological polar surface area (TPSA) is 44.2 Å². The number of ether oxygens (including phenoxy) is 2. The quantitative estimate of drug-likeness (QED) is 0.331. The molecule has 0 unspecified atom stereocenters. The predicted molar refractivity (Wildman–Crippen MR) is 105 cm³/mol. The van der Waals surface area contributed by atoms with Crippen LogP contribution < -0.4 is 9.47 Å². The summed E-state index contributed by atoms with van der Waals surface area (Å²) in [5.41, 5.74) is 3.59. The number of nitrogens with zero attached hydrogens (tertiary/aromatic N) is 2. The van der Waals surface area contributed by atoms with Gasteiger partial charge in [-0.3, -0.25) is 0 Å². The Morgan fingerprint density at radius 1 is 0.538 bits per heavy atom. The predicted octanol–water partition coefficient (Wildman–Crippen LogP) is 5.11. The molecule has 0 radical (unpaired) electrons. The zero-order valence-electron chi connectivity index (χ0n) is 14.5. The largest absolute Gasteiger partial charge is 0.497 e. The van der Waals surface area contributed by atoms with E-state index < -0.39 is 0 Å². The van der Waals surface area contributed by atoms with Crippen LogP contribution in [0.4, 0.5) is 0 Å². The molecule has 2 aromatic heterocycles. The molecule has 0 amide bonds. The second-order valence-electron chi connectivity index (χ2n) is 6.30. The van der Waals surface area contributed by atoms with E-state index in [0.29, 0.717) is 0 Å². The van der Waals surface area contributed by atoms with Crippen molar-refractivity contribution in [2.45, 2.75) is 0 Å². The number of aromatic nitrogens is 2. The molecule has 5 rings (SSSR count). The Balaban J connectivity index is 1.88. The van der Waals surface area contributed by atoms with Gasteiger partial charge in [0.15, 0.2) is 0 Å². The van der Waals surface area contributed by atoms with Crippen molar-refractivity contribution in [2.24, 2.45) is 0 Å². The molecule has 126 valence electrons. The van der Waals surface area contributed by atoms with Gasteiger partial charge >= 0.3 is 0 Å². The molecule has 4 nitrogen and oxygen atoms in total. The van der Waals surface area contributed by atoms with Crippen LogP contribution in [-0.2, 0) is 0 Å². The van der Waals surface area contributed by atoms with Gasteiger partial charge in [-0.2, -0.15) is 0 Å². The van der Waals surface area contributed by atoms with Gasteiger partial charge in [-0.25, -0.2) is 9.97 Å². The third kappa shape index (κ3) is 2.23. The molecule has 4 heteroatoms. The second-order valence-corrected chi connectivity index (χ2v) is 6.30. The lowest BCUT2D eigenvalue weighted by atomic mass is 10.1. The summed E-state index contributed by atoms with van der Waals surface area (Å²) < 4.78 is 10.7. The van der Waals surface area contributed by atoms with Gasteiger partial charge in [0.1, 0.15) is 11.5 Å². The fourth-order valence-corrected chi connectivity index (χ4v) is 3.39. The Labute approximate surface area is 150 Å². The van der Waals surface area contributed by atoms with E-state index in [1.165, 1.54) is 0 Å². The Bertz CT molecular complexity index is 1210. The zero-order chi connectivity index (χ0) is 17.7. The van der Waals surface area contributed by atoms with Crippen molar-refractivity contribution in [3.63, 3.8) is 0 Å². The summed E-state index contributed by atoms with van der Waals surface area (Å²) in [6.45, 7) is 0. The van der Waals surface area contributed by atoms with Crippen LogP contribution in [-0.4, -0.2) is 24.2 Å². The van der Waals surface area contributed by atoms with Gasteiger partial charge in [-0.15, -0.1) is 0 Å². The molecular weight excluding hydrogens is 324 g/mol. The third-order valence-electron chi connectivity index (χ3n) is 4.78. The van der Waals surface area contributed by atoms with Gasteiger partial charge < -0.3 is 9.47 Å². The standard InChI is InChI=1S/C22H16N2O2/c1-25-17-7-5-13-9-15-3-4-16-10-14-6-8-18(26-2)12-20(14)24-22(16)21(15)23-19(13)11-17/h3-12H,1-2H3. The smallest absolute Gasteiger partial charge is 0.121 e. The summed E-state index contributed by atoms with van der Waals surface area (Å²) in [5.74, 6) is 1.60. The Morgan fingerprint density at radius 2 is 0.962 bits per heavy atom. The molecular formula is C22H16N2O2. The van der Waals surface area contributed by atoms with Crippen molar-refractivity contribution in [1.29, 1.82) is 0 Å². The van der Waals surface area contributed by atoms with Crippen LogP contribution >= 0.6 is 0 Å². The fraction of sp³-hybridized carbons (Fsp3) is 0.0909. The average Bonchev–Trinajstić information content (AvgIpc) is 2.70. The number of hydrogen-bond acceptors (Lipinski definition) is 4. The zero-order valence-corrected chi connectivity index (χ0v) is 14.5. The summed E-state index contributed by atoms with van der Waals surface area (Å²) in [7, 11) is 3.33. The summed E-state index contributed by atoms with van der Waals surface area (Å²) in [4.78, 5) is 9.78. The van der Waals surface area contributed by atoms with E-state index in [0.717, 1.165) is 55.1 Å². The van der Waals surface area contributed by atoms with E-state index in [-0.39, 0.29) is 0 Å². The Morgan fingerprint density at radius 3 is 1.38 bits per heavy atom. The van der Waals surface area contributed by atoms with Crippen LogP contribution in [0.1, 0.15) is 0 Å². The van der Waals surface area contributed by atoms with Crippen molar-refractivity contribution in [1.82, 2.24) is 9.97 Å². The van der Waals surface area contributed by atoms with E-state index >= 15 is 0 Å². The van der Waals surface area contributed by atoms with Crippen LogP contribution in [0.5, 0.6) is 11.5 Å². The molecule has 0 saturated carbocycles. The molecule has 0 aliphatic heterocycles. The normalized spacial score (nSPS) is 11.5. The third-order valence-corrected chi connectivity index (χ3v) is 4.78. The number of hydrogen-bond donors (Lipinski definition) is 0. The highest BCUT2D eigenvalue weighted by molar-refractivity contribution is 6.09. The van der Waals surface area contributed by atoms with Gasteiger partial charge in [-0.1, -0.05) is 12.1 Å². The van der Waals surface area contributed by atoms with E-state index in [1.54, 1.807) is 14.2 Å². The number of benzene rings is 3. The first kappa shape index (κ1) is 14.9. The SMILES string of the molecule is COc1ccc2cc3ccc4cc5ccc(OC)cc5nc4c3nc2c1. The molecule has 0 aliphatic rings. The molecule has 0 spiro atoms. The van der Waals surface area contributed by atoms with Crippen LogP contribution in [0.2, 0.25) is 0 Å². The van der Waals surface area contributed by atoms with Gasteiger partial charge in [0, 0.05) is 33.7 Å². The Hall–Kier alpha value is -3.40. The van der Waals surface area contributed by atoms with Crippen molar-refractivity contribution < 1.29 is 9.47 Å². The highest BCUT2D eigenvalue weighted by Gasteiger charge is 2.09. The fourth-order valence-electron chi connectivity index (χ4n) is 3.39. The number of rotatable bonds is 2. The number of fused-ring (bicyclic) bond motifs is 5. The van der Waals surface area contributed by atoms with Crippen LogP contribution in [0.15, 0.2) is 60.7 Å². The maximum atomic E-state index is 5.34. The van der Waals surface area contributed by atoms with Crippen LogP contribution in [0.3, 0.4) is 0 Å². The van der Waals surface area contributed by atoms with Gasteiger partial charge in [0.05, 0.1) is 36.3 Å². The first-order chi connectivity index (χ1) is 12.7. The van der Waals surface area contributed by atoms with Gasteiger partial charge in [-0.05, 0) is 36.4 Å². The first-order valence-corrected chi connectivity index (χ1v) is 8.41. The van der Waals surface area contributed by atoms with Crippen molar-refractivity contribution in [2.75, 3.05) is 14.2 Å². The van der Waals surface area contributed by atoms with E-state index in [2.05, 4.69) is 24.3 Å². The van der Waals surface area contributed by atoms with Crippen molar-refractivity contribution in [3.05, 3.63) is 60.7 Å². The van der Waals surface area contributed by atoms with Crippen molar-refractivity contribution in [3.8, 4) is 11.5 Å². The molecule has 3 aromatic carbocycles.